The summed E-state index contributed by atoms with van der Waals surface area (Å²) in [6, 6.07) is 9.79. The molecule has 0 aliphatic carbocycles. The minimum atomic E-state index is -0.0769. The zero-order valence-electron chi connectivity index (χ0n) is 19.5. The highest BCUT2D eigenvalue weighted by atomic mass is 16.3. The van der Waals surface area contributed by atoms with Crippen LogP contribution in [0.3, 0.4) is 0 Å². The van der Waals surface area contributed by atoms with Gasteiger partial charge in [0.25, 0.3) is 5.91 Å². The van der Waals surface area contributed by atoms with Gasteiger partial charge < -0.3 is 10.0 Å². The Morgan fingerprint density at radius 3 is 2.78 bits per heavy atom. The fourth-order valence-corrected chi connectivity index (χ4v) is 4.75. The van der Waals surface area contributed by atoms with Crippen molar-refractivity contribution in [1.29, 1.82) is 0 Å². The molecule has 2 aromatic heterocycles. The second-order valence-corrected chi connectivity index (χ2v) is 8.75. The predicted octanol–water partition coefficient (Wildman–Crippen LogP) is 3.12. The molecule has 1 aromatic carbocycles. The van der Waals surface area contributed by atoms with Gasteiger partial charge in [-0.3, -0.25) is 19.4 Å². The molecule has 3 heterocycles. The number of amides is 1. The summed E-state index contributed by atoms with van der Waals surface area (Å²) < 4.78 is 2.07. The maximum atomic E-state index is 13.1. The molecule has 1 saturated heterocycles. The molecule has 170 valence electrons. The van der Waals surface area contributed by atoms with E-state index in [-0.39, 0.29) is 18.4 Å². The number of rotatable bonds is 7. The number of carbonyl (C=O) groups excluding carboxylic acids is 1. The Bertz CT molecular complexity index is 1120. The summed E-state index contributed by atoms with van der Waals surface area (Å²) in [5.74, 6) is 0.211. The molecule has 1 amide bonds. The Balaban J connectivity index is 1.59. The molecule has 0 bridgehead atoms. The third kappa shape index (κ3) is 4.27. The molecule has 0 unspecified atom stereocenters. The highest BCUT2D eigenvalue weighted by molar-refractivity contribution is 6.06. The van der Waals surface area contributed by atoms with Crippen LogP contribution in [0.15, 0.2) is 30.3 Å². The van der Waals surface area contributed by atoms with Crippen molar-refractivity contribution in [2.24, 2.45) is 0 Å². The van der Waals surface area contributed by atoms with Crippen LogP contribution in [0.1, 0.15) is 52.3 Å². The molecule has 0 spiro atoms. The molecule has 1 N–H and O–H groups in total. The van der Waals surface area contributed by atoms with Crippen molar-refractivity contribution in [3.05, 3.63) is 58.5 Å². The molecule has 32 heavy (non-hydrogen) atoms. The number of nitrogens with zero attached hydrogens (tertiary/aromatic N) is 5. The Kier molecular flexibility index (Phi) is 6.58. The molecule has 1 aliphatic heterocycles. The van der Waals surface area contributed by atoms with E-state index in [0.29, 0.717) is 12.1 Å². The second-order valence-electron chi connectivity index (χ2n) is 8.75. The van der Waals surface area contributed by atoms with Gasteiger partial charge in [0, 0.05) is 61.5 Å². The van der Waals surface area contributed by atoms with Crippen LogP contribution in [0, 0.1) is 13.8 Å². The molecule has 3 aromatic rings. The minimum absolute atomic E-state index is 0.0524. The third-order valence-electron chi connectivity index (χ3n) is 6.65. The fraction of sp³-hybridized carbons (Fsp3) is 0.480. The lowest BCUT2D eigenvalue weighted by molar-refractivity contribution is 0.0768. The molecule has 1 atom stereocenters. The maximum absolute atomic E-state index is 13.1. The van der Waals surface area contributed by atoms with E-state index in [1.165, 1.54) is 11.3 Å². The molecule has 4 rings (SSSR count). The van der Waals surface area contributed by atoms with Crippen molar-refractivity contribution >= 4 is 16.8 Å². The number of fused-ring (bicyclic) bond motifs is 1. The first kappa shape index (κ1) is 22.4. The summed E-state index contributed by atoms with van der Waals surface area (Å²) in [5.41, 5.74) is 6.16. The summed E-state index contributed by atoms with van der Waals surface area (Å²) >= 11 is 0. The van der Waals surface area contributed by atoms with Crippen molar-refractivity contribution < 1.29 is 9.90 Å². The average Bonchev–Trinajstić information content (AvgIpc) is 3.38. The van der Waals surface area contributed by atoms with Crippen molar-refractivity contribution in [2.75, 3.05) is 33.3 Å². The van der Waals surface area contributed by atoms with Gasteiger partial charge in [0.05, 0.1) is 23.4 Å². The first-order valence-electron chi connectivity index (χ1n) is 11.4. The van der Waals surface area contributed by atoms with E-state index in [1.807, 2.05) is 30.3 Å². The van der Waals surface area contributed by atoms with E-state index in [4.69, 9.17) is 4.98 Å². The summed E-state index contributed by atoms with van der Waals surface area (Å²) in [6.45, 7) is 10.3. The van der Waals surface area contributed by atoms with Crippen molar-refractivity contribution in [1.82, 2.24) is 24.6 Å². The number of aliphatic hydroxyl groups is 1. The maximum Gasteiger partial charge on any atom is 0.254 e. The molecule has 1 fully saturated rings. The molecular weight excluding hydrogens is 402 g/mol. The van der Waals surface area contributed by atoms with Gasteiger partial charge in [-0.2, -0.15) is 5.10 Å². The first-order chi connectivity index (χ1) is 15.4. The number of hydrogen-bond donors (Lipinski definition) is 1. The smallest absolute Gasteiger partial charge is 0.254 e. The number of hydrogen-bond acceptors (Lipinski definition) is 5. The lowest BCUT2D eigenvalue weighted by Gasteiger charge is -2.19. The van der Waals surface area contributed by atoms with Gasteiger partial charge in [-0.25, -0.2) is 0 Å². The number of aryl methyl sites for hydroxylation is 2. The van der Waals surface area contributed by atoms with Gasteiger partial charge in [-0.05, 0) is 45.9 Å². The summed E-state index contributed by atoms with van der Waals surface area (Å²) in [5, 5.41) is 14.8. The second kappa shape index (κ2) is 9.38. The highest BCUT2D eigenvalue weighted by Gasteiger charge is 2.28. The molecule has 0 radical (unpaired) electrons. The Hall–Kier alpha value is -2.77. The third-order valence-corrected chi connectivity index (χ3v) is 6.65. The van der Waals surface area contributed by atoms with Crippen LogP contribution < -0.4 is 0 Å². The van der Waals surface area contributed by atoms with Gasteiger partial charge in [0.1, 0.15) is 0 Å². The van der Waals surface area contributed by atoms with Gasteiger partial charge >= 0.3 is 0 Å². The number of aliphatic hydroxyl groups excluding tert-OH is 1. The van der Waals surface area contributed by atoms with E-state index in [9.17, 15) is 9.90 Å². The first-order valence-corrected chi connectivity index (χ1v) is 11.4. The number of aromatic nitrogens is 3. The Labute approximate surface area is 189 Å². The lowest BCUT2D eigenvalue weighted by atomic mass is 9.99. The molecule has 7 heteroatoms. The number of carbonyl (C=O) groups is 1. The predicted molar refractivity (Wildman–Crippen MR) is 126 cm³/mol. The quantitative estimate of drug-likeness (QED) is 0.617. The van der Waals surface area contributed by atoms with Crippen molar-refractivity contribution in [3.63, 3.8) is 0 Å². The minimum Gasteiger partial charge on any atom is -0.395 e. The molecular formula is C25H33N5O2. The van der Waals surface area contributed by atoms with E-state index >= 15 is 0 Å². The van der Waals surface area contributed by atoms with E-state index in [0.717, 1.165) is 54.9 Å². The number of pyridine rings is 1. The van der Waals surface area contributed by atoms with Crippen LogP contribution in [0.25, 0.3) is 10.9 Å². The van der Waals surface area contributed by atoms with Gasteiger partial charge in [-0.15, -0.1) is 0 Å². The largest absolute Gasteiger partial charge is 0.395 e. The number of likely N-dealkylation sites (tertiary alicyclic amines) is 1. The highest BCUT2D eigenvalue weighted by Crippen LogP contribution is 2.31. The summed E-state index contributed by atoms with van der Waals surface area (Å²) in [7, 11) is 1.73. The standard InChI is InChI=1S/C25H33N5O2/c1-5-30-18(3)22(17(2)27-30)16-29-11-10-19(15-29)24-14-21(25(32)28(4)12-13-31)20-8-6-7-9-23(20)26-24/h6-9,14,19,31H,5,10-13,15-16H2,1-4H3/t19-/m0/s1. The van der Waals surface area contributed by atoms with Crippen molar-refractivity contribution in [2.45, 2.75) is 46.2 Å². The summed E-state index contributed by atoms with van der Waals surface area (Å²) in [6.07, 6.45) is 1.02. The van der Waals surface area contributed by atoms with Gasteiger partial charge in [-0.1, -0.05) is 18.2 Å². The fourth-order valence-electron chi connectivity index (χ4n) is 4.75. The number of likely N-dealkylation sites (N-methyl/N-ethyl adjacent to an activating group) is 1. The van der Waals surface area contributed by atoms with Crippen LogP contribution in [-0.2, 0) is 13.1 Å². The lowest BCUT2D eigenvalue weighted by Crippen LogP contribution is -2.30. The zero-order valence-corrected chi connectivity index (χ0v) is 19.5. The average molecular weight is 436 g/mol. The van der Waals surface area contributed by atoms with Gasteiger partial charge in [0.2, 0.25) is 0 Å². The van der Waals surface area contributed by atoms with Crippen LogP contribution in [0.5, 0.6) is 0 Å². The van der Waals surface area contributed by atoms with Gasteiger partial charge in [0.15, 0.2) is 0 Å². The van der Waals surface area contributed by atoms with Crippen LogP contribution >= 0.6 is 0 Å². The zero-order chi connectivity index (χ0) is 22.8. The Morgan fingerprint density at radius 2 is 2.06 bits per heavy atom. The van der Waals surface area contributed by atoms with E-state index < -0.39 is 0 Å². The molecule has 1 aliphatic rings. The number of para-hydroxylation sites is 1. The normalized spacial score (nSPS) is 16.7. The van der Waals surface area contributed by atoms with Crippen LogP contribution in [-0.4, -0.2) is 68.9 Å². The van der Waals surface area contributed by atoms with E-state index in [2.05, 4.69) is 35.5 Å². The number of benzene rings is 1. The molecule has 0 saturated carbocycles. The van der Waals surface area contributed by atoms with Crippen LogP contribution in [0.4, 0.5) is 0 Å². The molecule has 7 nitrogen and oxygen atoms in total. The Morgan fingerprint density at radius 1 is 1.28 bits per heavy atom. The monoisotopic (exact) mass is 435 g/mol. The topological polar surface area (TPSA) is 74.5 Å². The van der Waals surface area contributed by atoms with Crippen molar-refractivity contribution in [3.8, 4) is 0 Å². The van der Waals surface area contributed by atoms with Crippen LogP contribution in [0.2, 0.25) is 0 Å². The summed E-state index contributed by atoms with van der Waals surface area (Å²) in [4.78, 5) is 22.1. The SMILES string of the molecule is CCn1nc(C)c(CN2CC[C@H](c3cc(C(=O)N(C)CCO)c4ccccc4n3)C2)c1C. The van der Waals surface area contributed by atoms with E-state index in [1.54, 1.807) is 11.9 Å².